The Bertz CT molecular complexity index is 1070. The molecule has 0 unspecified atom stereocenters. The van der Waals surface area contributed by atoms with Crippen molar-refractivity contribution < 1.29 is 22.7 Å². The van der Waals surface area contributed by atoms with Crippen molar-refractivity contribution in [2.24, 2.45) is 0 Å². The van der Waals surface area contributed by atoms with Crippen molar-refractivity contribution in [2.45, 2.75) is 4.90 Å². The summed E-state index contributed by atoms with van der Waals surface area (Å²) in [7, 11) is -3.83. The molecule has 1 aromatic heterocycles. The monoisotopic (exact) mass is 406 g/mol. The third-order valence-corrected chi connectivity index (χ3v) is 5.34. The van der Waals surface area contributed by atoms with E-state index >= 15 is 0 Å². The molecule has 3 aromatic rings. The van der Waals surface area contributed by atoms with E-state index in [0.717, 1.165) is 11.7 Å². The number of carbonyl (C=O) groups is 2. The number of benzene rings is 2. The molecule has 0 aliphatic rings. The summed E-state index contributed by atoms with van der Waals surface area (Å²) in [4.78, 5) is 23.7. The second kappa shape index (κ2) is 8.20. The first-order valence-electron chi connectivity index (χ1n) is 7.67. The number of carbonyl (C=O) groups excluding carboxylic acids is 2. The Balaban J connectivity index is 1.49. The molecule has 27 heavy (non-hydrogen) atoms. The number of ether oxygens (including phenoxy) is 1. The minimum Gasteiger partial charge on any atom is -0.455 e. The molecule has 9 nitrogen and oxygen atoms in total. The van der Waals surface area contributed by atoms with E-state index in [2.05, 4.69) is 18.8 Å². The van der Waals surface area contributed by atoms with Crippen molar-refractivity contribution in [3.05, 3.63) is 48.5 Å². The normalized spacial score (nSPS) is 11.3. The van der Waals surface area contributed by atoms with Gasteiger partial charge in [-0.25, -0.2) is 8.42 Å². The minimum absolute atomic E-state index is 0.0283. The van der Waals surface area contributed by atoms with Gasteiger partial charge in [-0.15, -0.1) is 0 Å². The van der Waals surface area contributed by atoms with E-state index in [1.165, 1.54) is 12.1 Å². The third kappa shape index (κ3) is 4.84. The highest BCUT2D eigenvalue weighted by Gasteiger charge is 2.16. The number of hydrogen-bond acceptors (Lipinski definition) is 8. The number of nitrogens with zero attached hydrogens (tertiary/aromatic N) is 2. The van der Waals surface area contributed by atoms with Gasteiger partial charge in [0.15, 0.2) is 6.61 Å². The quantitative estimate of drug-likeness (QED) is 0.563. The van der Waals surface area contributed by atoms with Crippen LogP contribution in [0.15, 0.2) is 53.4 Å². The van der Waals surface area contributed by atoms with Gasteiger partial charge in [-0.3, -0.25) is 9.59 Å². The molecule has 0 spiro atoms. The summed E-state index contributed by atoms with van der Waals surface area (Å²) in [6.07, 6.45) is 0. The first kappa shape index (κ1) is 18.9. The van der Waals surface area contributed by atoms with Crippen molar-refractivity contribution in [3.8, 4) is 0 Å². The number of aromatic nitrogens is 2. The lowest BCUT2D eigenvalue weighted by atomic mass is 10.2. The van der Waals surface area contributed by atoms with Crippen LogP contribution in [0.3, 0.4) is 0 Å². The summed E-state index contributed by atoms with van der Waals surface area (Å²) in [6.45, 7) is -1.14. The summed E-state index contributed by atoms with van der Waals surface area (Å²) in [5.41, 5.74) is 1.63. The molecule has 0 saturated carbocycles. The van der Waals surface area contributed by atoms with Crippen LogP contribution in [-0.2, 0) is 24.3 Å². The lowest BCUT2D eigenvalue weighted by molar-refractivity contribution is -0.146. The Morgan fingerprint density at radius 3 is 2.59 bits per heavy atom. The number of hydrogen-bond donors (Lipinski definition) is 2. The molecule has 2 N–H and O–H groups in total. The standard InChI is InChI=1S/C16H14N4O5S2/c21-14(18-12-7-4-8-13-16(12)20-26-19-13)10-25-15(22)9-17-27(23,24)11-5-2-1-3-6-11/h1-8,17H,9-10H2,(H,18,21). The van der Waals surface area contributed by atoms with Crippen molar-refractivity contribution in [3.63, 3.8) is 0 Å². The number of amides is 1. The number of esters is 1. The predicted molar refractivity (Wildman–Crippen MR) is 98.6 cm³/mol. The van der Waals surface area contributed by atoms with Crippen LogP contribution >= 0.6 is 11.7 Å². The van der Waals surface area contributed by atoms with E-state index in [0.29, 0.717) is 16.7 Å². The SMILES string of the molecule is O=C(COC(=O)CNS(=O)(=O)c1ccccc1)Nc1cccc2nsnc12. The second-order valence-corrected chi connectivity index (χ2v) is 7.58. The van der Waals surface area contributed by atoms with E-state index in [-0.39, 0.29) is 4.90 Å². The van der Waals surface area contributed by atoms with Gasteiger partial charge in [0, 0.05) is 0 Å². The zero-order chi connectivity index (χ0) is 19.3. The van der Waals surface area contributed by atoms with Gasteiger partial charge in [0.25, 0.3) is 5.91 Å². The molecule has 0 atom stereocenters. The first-order chi connectivity index (χ1) is 13.0. The summed E-state index contributed by atoms with van der Waals surface area (Å²) in [5.74, 6) is -1.45. The first-order valence-corrected chi connectivity index (χ1v) is 9.88. The molecule has 0 saturated heterocycles. The molecule has 1 heterocycles. The smallest absolute Gasteiger partial charge is 0.321 e. The molecule has 3 rings (SSSR count). The lowest BCUT2D eigenvalue weighted by Gasteiger charge is -2.08. The van der Waals surface area contributed by atoms with Crippen LogP contribution in [0.2, 0.25) is 0 Å². The van der Waals surface area contributed by atoms with E-state index < -0.39 is 35.1 Å². The van der Waals surface area contributed by atoms with Crippen molar-refractivity contribution in [1.29, 1.82) is 0 Å². The van der Waals surface area contributed by atoms with Gasteiger partial charge in [-0.2, -0.15) is 13.5 Å². The van der Waals surface area contributed by atoms with Gasteiger partial charge in [-0.05, 0) is 24.3 Å². The Hall–Kier alpha value is -2.89. The molecular weight excluding hydrogens is 392 g/mol. The van der Waals surface area contributed by atoms with Gasteiger partial charge < -0.3 is 10.1 Å². The van der Waals surface area contributed by atoms with Crippen molar-refractivity contribution >= 4 is 50.3 Å². The maximum Gasteiger partial charge on any atom is 0.321 e. The van der Waals surface area contributed by atoms with E-state index in [9.17, 15) is 18.0 Å². The number of sulfonamides is 1. The molecule has 1 amide bonds. The highest BCUT2D eigenvalue weighted by atomic mass is 32.2. The van der Waals surface area contributed by atoms with Gasteiger partial charge in [0.1, 0.15) is 17.6 Å². The van der Waals surface area contributed by atoms with Crippen LogP contribution in [-0.4, -0.2) is 42.2 Å². The van der Waals surface area contributed by atoms with Gasteiger partial charge >= 0.3 is 5.97 Å². The Morgan fingerprint density at radius 2 is 1.81 bits per heavy atom. The Labute approximate surface area is 158 Å². The van der Waals surface area contributed by atoms with E-state index in [1.54, 1.807) is 36.4 Å². The summed E-state index contributed by atoms with van der Waals surface area (Å²) >= 11 is 1.02. The maximum absolute atomic E-state index is 12.0. The van der Waals surface area contributed by atoms with E-state index in [1.807, 2.05) is 0 Å². The molecular formula is C16H14N4O5S2. The Morgan fingerprint density at radius 1 is 1.04 bits per heavy atom. The number of nitrogens with one attached hydrogen (secondary N) is 2. The average Bonchev–Trinajstić information content (AvgIpc) is 3.15. The fourth-order valence-electron chi connectivity index (χ4n) is 2.13. The van der Waals surface area contributed by atoms with Crippen LogP contribution < -0.4 is 10.0 Å². The van der Waals surface area contributed by atoms with Crippen molar-refractivity contribution in [2.75, 3.05) is 18.5 Å². The number of fused-ring (bicyclic) bond motifs is 1. The fourth-order valence-corrected chi connectivity index (χ4v) is 3.67. The largest absolute Gasteiger partial charge is 0.455 e. The maximum atomic E-state index is 12.0. The zero-order valence-electron chi connectivity index (χ0n) is 13.8. The lowest BCUT2D eigenvalue weighted by Crippen LogP contribution is -2.32. The summed E-state index contributed by atoms with van der Waals surface area (Å²) < 4.78 is 39.1. The average molecular weight is 406 g/mol. The number of rotatable bonds is 7. The molecule has 0 aliphatic heterocycles. The van der Waals surface area contributed by atoms with Crippen LogP contribution in [0.4, 0.5) is 5.69 Å². The molecule has 2 aromatic carbocycles. The van der Waals surface area contributed by atoms with Gasteiger partial charge in [0.2, 0.25) is 10.0 Å². The highest BCUT2D eigenvalue weighted by molar-refractivity contribution is 7.89. The minimum atomic E-state index is -3.83. The van der Waals surface area contributed by atoms with Gasteiger partial charge in [-0.1, -0.05) is 24.3 Å². The van der Waals surface area contributed by atoms with Crippen LogP contribution in [0, 0.1) is 0 Å². The second-order valence-electron chi connectivity index (χ2n) is 5.28. The molecule has 0 aliphatic carbocycles. The van der Waals surface area contributed by atoms with Crippen LogP contribution in [0.25, 0.3) is 11.0 Å². The van der Waals surface area contributed by atoms with Crippen LogP contribution in [0.1, 0.15) is 0 Å². The predicted octanol–water partition coefficient (Wildman–Crippen LogP) is 1.15. The molecule has 0 fully saturated rings. The fraction of sp³-hybridized carbons (Fsp3) is 0.125. The highest BCUT2D eigenvalue weighted by Crippen LogP contribution is 2.20. The molecule has 140 valence electrons. The number of anilines is 1. The topological polar surface area (TPSA) is 127 Å². The van der Waals surface area contributed by atoms with Crippen molar-refractivity contribution in [1.82, 2.24) is 13.5 Å². The van der Waals surface area contributed by atoms with E-state index in [4.69, 9.17) is 4.74 Å². The zero-order valence-corrected chi connectivity index (χ0v) is 15.4. The molecule has 0 radical (unpaired) electrons. The Kier molecular flexibility index (Phi) is 5.74. The third-order valence-electron chi connectivity index (χ3n) is 3.38. The summed E-state index contributed by atoms with van der Waals surface area (Å²) in [6, 6.07) is 12.7. The van der Waals surface area contributed by atoms with Crippen LogP contribution in [0.5, 0.6) is 0 Å². The molecule has 0 bridgehead atoms. The summed E-state index contributed by atoms with van der Waals surface area (Å²) in [5, 5.41) is 2.57. The molecule has 11 heteroatoms. The van der Waals surface area contributed by atoms with Gasteiger partial charge in [0.05, 0.1) is 22.3 Å².